The Kier molecular flexibility index (Phi) is 8.38. The van der Waals surface area contributed by atoms with Crippen molar-refractivity contribution in [3.8, 4) is 11.5 Å². The topological polar surface area (TPSA) is 139 Å². The van der Waals surface area contributed by atoms with Crippen LogP contribution in [0, 0.1) is 0 Å². The van der Waals surface area contributed by atoms with Gasteiger partial charge >= 0.3 is 35.8 Å². The quantitative estimate of drug-likeness (QED) is 0.119. The summed E-state index contributed by atoms with van der Waals surface area (Å²) < 4.78 is 20.5. The Morgan fingerprint density at radius 3 is 1.24 bits per heavy atom. The Morgan fingerprint density at radius 2 is 0.837 bits per heavy atom. The van der Waals surface area contributed by atoms with Crippen LogP contribution in [0.3, 0.4) is 0 Å². The Balaban J connectivity index is 1.11. The van der Waals surface area contributed by atoms with E-state index in [4.69, 9.17) is 9.47 Å². The molecular formula is C39H30O10. The van der Waals surface area contributed by atoms with Crippen molar-refractivity contribution in [3.63, 3.8) is 0 Å². The van der Waals surface area contributed by atoms with Crippen LogP contribution < -0.4 is 9.47 Å². The van der Waals surface area contributed by atoms with Gasteiger partial charge in [0.05, 0.1) is 33.4 Å². The summed E-state index contributed by atoms with van der Waals surface area (Å²) in [7, 11) is 0. The van der Waals surface area contributed by atoms with Gasteiger partial charge in [-0.05, 0) is 84.6 Å². The molecule has 0 atom stereocenters. The van der Waals surface area contributed by atoms with Crippen molar-refractivity contribution in [2.24, 2.45) is 0 Å². The maximum Gasteiger partial charge on any atom is 0.346 e. The summed E-state index contributed by atoms with van der Waals surface area (Å²) in [6.07, 6.45) is 8.46. The van der Waals surface area contributed by atoms with Gasteiger partial charge in [0.15, 0.2) is 0 Å². The molecule has 0 saturated heterocycles. The van der Waals surface area contributed by atoms with Crippen LogP contribution in [0.4, 0.5) is 0 Å². The zero-order valence-electron chi connectivity index (χ0n) is 26.3. The number of rotatable bonds is 6. The lowest BCUT2D eigenvalue weighted by molar-refractivity contribution is 0.0425. The zero-order valence-corrected chi connectivity index (χ0v) is 26.3. The average Bonchev–Trinajstić information content (AvgIpc) is 3.61. The Hall–Kier alpha value is -5.90. The molecule has 4 aromatic rings. The predicted molar refractivity (Wildman–Crippen MR) is 173 cm³/mol. The molecule has 3 aliphatic rings. The number of cyclic esters (lactones) is 4. The minimum atomic E-state index is -0.795. The van der Waals surface area contributed by atoms with Gasteiger partial charge < -0.3 is 18.9 Å². The number of esters is 6. The summed E-state index contributed by atoms with van der Waals surface area (Å²) >= 11 is 0. The van der Waals surface area contributed by atoms with E-state index < -0.39 is 35.8 Å². The van der Waals surface area contributed by atoms with Crippen LogP contribution in [0.5, 0.6) is 11.5 Å². The van der Waals surface area contributed by atoms with E-state index in [9.17, 15) is 28.8 Å². The van der Waals surface area contributed by atoms with Gasteiger partial charge in [-0.1, -0.05) is 62.8 Å². The fourth-order valence-corrected chi connectivity index (χ4v) is 6.87. The van der Waals surface area contributed by atoms with E-state index in [1.54, 1.807) is 24.3 Å². The van der Waals surface area contributed by atoms with E-state index in [0.717, 1.165) is 49.7 Å². The molecule has 10 heteroatoms. The van der Waals surface area contributed by atoms with Crippen molar-refractivity contribution in [1.29, 1.82) is 0 Å². The van der Waals surface area contributed by atoms with Crippen molar-refractivity contribution in [2.75, 3.05) is 0 Å². The van der Waals surface area contributed by atoms with Crippen LogP contribution in [-0.2, 0) is 14.9 Å². The molecule has 4 aromatic carbocycles. The second-order valence-corrected chi connectivity index (χ2v) is 12.4. The van der Waals surface area contributed by atoms with Gasteiger partial charge in [-0.3, -0.25) is 0 Å². The number of hydrogen-bond acceptors (Lipinski definition) is 10. The Morgan fingerprint density at radius 1 is 0.469 bits per heavy atom. The molecule has 0 spiro atoms. The molecule has 1 aliphatic carbocycles. The van der Waals surface area contributed by atoms with Crippen LogP contribution in [0.25, 0.3) is 0 Å². The van der Waals surface area contributed by atoms with E-state index in [1.165, 1.54) is 49.2 Å². The second kappa shape index (κ2) is 13.0. The SMILES string of the molecule is O=C(Oc1ccc(C2(c3ccc(OC(=O)c4ccc5c(c4)C(=O)OC5=O)cc3)CCCCCCCC2)cc1)c1ccc2c(c1)C(=O)OC2=O. The lowest BCUT2D eigenvalue weighted by Gasteiger charge is -2.35. The fraction of sp³-hybridized carbons (Fsp3) is 0.231. The Labute approximate surface area is 280 Å². The summed E-state index contributed by atoms with van der Waals surface area (Å²) in [4.78, 5) is 73.3. The highest BCUT2D eigenvalue weighted by Gasteiger charge is 2.35. The van der Waals surface area contributed by atoms with E-state index in [1.807, 2.05) is 24.3 Å². The van der Waals surface area contributed by atoms with E-state index in [2.05, 4.69) is 9.47 Å². The minimum absolute atomic E-state index is 0.0326. The van der Waals surface area contributed by atoms with Gasteiger partial charge in [0.1, 0.15) is 11.5 Å². The molecule has 0 radical (unpaired) electrons. The molecule has 0 aromatic heterocycles. The van der Waals surface area contributed by atoms with E-state index in [0.29, 0.717) is 11.5 Å². The fourth-order valence-electron chi connectivity index (χ4n) is 6.87. The molecule has 0 amide bonds. The van der Waals surface area contributed by atoms with Crippen molar-refractivity contribution in [1.82, 2.24) is 0 Å². The monoisotopic (exact) mass is 658 g/mol. The van der Waals surface area contributed by atoms with Gasteiger partial charge in [-0.25, -0.2) is 28.8 Å². The predicted octanol–water partition coefficient (Wildman–Crippen LogP) is 7.17. The second-order valence-electron chi connectivity index (χ2n) is 12.4. The standard InChI is InChI=1S/C39H30O10/c40-33(23-7-17-29-31(21-23)37(44)48-35(29)42)46-27-13-9-25(10-14-27)39(19-5-3-1-2-4-6-20-39)26-11-15-28(16-12-26)47-34(41)24-8-18-30-32(22-24)38(45)49-36(30)43/h7-18,21-22H,1-6,19-20H2. The molecule has 7 rings (SSSR count). The first kappa shape index (κ1) is 31.7. The van der Waals surface area contributed by atoms with Gasteiger partial charge in [0.25, 0.3) is 0 Å². The third-order valence-corrected chi connectivity index (χ3v) is 9.45. The number of ether oxygens (including phenoxy) is 4. The molecule has 1 saturated carbocycles. The lowest BCUT2D eigenvalue weighted by atomic mass is 9.68. The molecule has 2 heterocycles. The number of fused-ring (bicyclic) bond motifs is 2. The average molecular weight is 659 g/mol. The third-order valence-electron chi connectivity index (χ3n) is 9.45. The third kappa shape index (κ3) is 6.13. The highest BCUT2D eigenvalue weighted by atomic mass is 16.6. The van der Waals surface area contributed by atoms with Crippen molar-refractivity contribution >= 4 is 35.8 Å². The minimum Gasteiger partial charge on any atom is -0.423 e. The molecule has 10 nitrogen and oxygen atoms in total. The van der Waals surface area contributed by atoms with Gasteiger partial charge in [-0.2, -0.15) is 0 Å². The van der Waals surface area contributed by atoms with Gasteiger partial charge in [0, 0.05) is 5.41 Å². The summed E-state index contributed by atoms with van der Waals surface area (Å²) in [6, 6.07) is 23.1. The maximum absolute atomic E-state index is 12.9. The summed E-state index contributed by atoms with van der Waals surface area (Å²) in [5.74, 6) is -3.75. The van der Waals surface area contributed by atoms with Crippen LogP contribution in [0.2, 0.25) is 0 Å². The van der Waals surface area contributed by atoms with Crippen molar-refractivity contribution < 1.29 is 47.7 Å². The largest absolute Gasteiger partial charge is 0.423 e. The summed E-state index contributed by atoms with van der Waals surface area (Å²) in [6.45, 7) is 0. The molecule has 49 heavy (non-hydrogen) atoms. The highest BCUT2D eigenvalue weighted by molar-refractivity contribution is 6.16. The first-order valence-electron chi connectivity index (χ1n) is 16.2. The number of carbonyl (C=O) groups is 6. The van der Waals surface area contributed by atoms with Crippen LogP contribution in [0.1, 0.15) is 125 Å². The van der Waals surface area contributed by atoms with Gasteiger partial charge in [-0.15, -0.1) is 0 Å². The molecular weight excluding hydrogens is 628 g/mol. The molecule has 246 valence electrons. The Bertz CT molecular complexity index is 1880. The lowest BCUT2D eigenvalue weighted by Crippen LogP contribution is -2.28. The zero-order chi connectivity index (χ0) is 34.1. The molecule has 0 N–H and O–H groups in total. The van der Waals surface area contributed by atoms with Crippen LogP contribution in [0.15, 0.2) is 84.9 Å². The van der Waals surface area contributed by atoms with Crippen LogP contribution in [-0.4, -0.2) is 35.8 Å². The van der Waals surface area contributed by atoms with E-state index >= 15 is 0 Å². The van der Waals surface area contributed by atoms with E-state index in [-0.39, 0.29) is 38.8 Å². The molecule has 2 aliphatic heterocycles. The molecule has 1 fully saturated rings. The van der Waals surface area contributed by atoms with Crippen molar-refractivity contribution in [3.05, 3.63) is 129 Å². The number of benzene rings is 4. The summed E-state index contributed by atoms with van der Waals surface area (Å²) in [5, 5.41) is 0. The summed E-state index contributed by atoms with van der Waals surface area (Å²) in [5.41, 5.74) is 2.33. The van der Waals surface area contributed by atoms with Crippen molar-refractivity contribution in [2.45, 2.75) is 56.8 Å². The first-order valence-corrected chi connectivity index (χ1v) is 16.2. The number of carbonyl (C=O) groups excluding carboxylic acids is 6. The molecule has 0 unspecified atom stereocenters. The van der Waals surface area contributed by atoms with Gasteiger partial charge in [0.2, 0.25) is 0 Å². The molecule has 0 bridgehead atoms. The first-order chi connectivity index (χ1) is 23.7. The normalized spacial score (nSPS) is 16.7. The number of hydrogen-bond donors (Lipinski definition) is 0. The smallest absolute Gasteiger partial charge is 0.346 e. The maximum atomic E-state index is 12.9. The highest BCUT2D eigenvalue weighted by Crippen LogP contribution is 2.44. The van der Waals surface area contributed by atoms with Crippen LogP contribution >= 0.6 is 0 Å².